The lowest BCUT2D eigenvalue weighted by Crippen LogP contribution is -1.79. The smallest absolute Gasteiger partial charge is 0.208 e. The molecule has 0 radical (unpaired) electrons. The molecule has 1 aliphatic carbocycles. The Morgan fingerprint density at radius 2 is 2.27 bits per heavy atom. The third kappa shape index (κ3) is 3.58. The molecular formula is C7H9ClO2S. The van der Waals surface area contributed by atoms with Crippen LogP contribution in [0.4, 0.5) is 0 Å². The Bertz CT molecular complexity index is 288. The summed E-state index contributed by atoms with van der Waals surface area (Å²) in [4.78, 5) is 0. The molecule has 0 amide bonds. The van der Waals surface area contributed by atoms with Gasteiger partial charge in [-0.15, -0.1) is 0 Å². The number of allylic oxidation sites excluding steroid dienone is 3. The van der Waals surface area contributed by atoms with Crippen LogP contribution in [0.3, 0.4) is 0 Å². The first kappa shape index (κ1) is 8.81. The van der Waals surface area contributed by atoms with E-state index in [1.807, 2.05) is 6.08 Å². The first-order valence-corrected chi connectivity index (χ1v) is 5.77. The van der Waals surface area contributed by atoms with Crippen molar-refractivity contribution in [2.24, 2.45) is 0 Å². The van der Waals surface area contributed by atoms with Crippen LogP contribution in [0.5, 0.6) is 0 Å². The average molecular weight is 193 g/mol. The summed E-state index contributed by atoms with van der Waals surface area (Å²) >= 11 is 0. The van der Waals surface area contributed by atoms with Crippen molar-refractivity contribution in [3.05, 3.63) is 23.1 Å². The van der Waals surface area contributed by atoms with Gasteiger partial charge in [-0.25, -0.2) is 8.42 Å². The fourth-order valence-electron chi connectivity index (χ4n) is 1.02. The minimum absolute atomic E-state index is 0.961. The van der Waals surface area contributed by atoms with Gasteiger partial charge >= 0.3 is 0 Å². The zero-order valence-corrected chi connectivity index (χ0v) is 7.53. The lowest BCUT2D eigenvalue weighted by Gasteiger charge is -1.87. The highest BCUT2D eigenvalue weighted by atomic mass is 35.7. The summed E-state index contributed by atoms with van der Waals surface area (Å²) in [5, 5.41) is 1.03. The van der Waals surface area contributed by atoms with Crippen LogP contribution in [0.15, 0.2) is 23.1 Å². The summed E-state index contributed by atoms with van der Waals surface area (Å²) in [6.45, 7) is 0. The van der Waals surface area contributed by atoms with Crippen molar-refractivity contribution in [2.75, 3.05) is 0 Å². The molecule has 0 bridgehead atoms. The van der Waals surface area contributed by atoms with E-state index in [1.165, 1.54) is 0 Å². The Labute approximate surface area is 71.0 Å². The molecule has 4 heteroatoms. The molecule has 11 heavy (non-hydrogen) atoms. The Balaban J connectivity index is 2.61. The van der Waals surface area contributed by atoms with E-state index in [0.29, 0.717) is 0 Å². The zero-order chi connectivity index (χ0) is 8.32. The van der Waals surface area contributed by atoms with Crippen molar-refractivity contribution in [2.45, 2.75) is 19.3 Å². The first-order chi connectivity index (χ1) is 5.08. The fourth-order valence-corrected chi connectivity index (χ4v) is 1.51. The maximum absolute atomic E-state index is 10.4. The van der Waals surface area contributed by atoms with Crippen LogP contribution in [0.1, 0.15) is 19.3 Å². The van der Waals surface area contributed by atoms with Crippen LogP contribution in [0, 0.1) is 0 Å². The van der Waals surface area contributed by atoms with Gasteiger partial charge in [0, 0.05) is 16.1 Å². The highest BCUT2D eigenvalue weighted by Crippen LogP contribution is 2.19. The molecule has 0 N–H and O–H groups in total. The van der Waals surface area contributed by atoms with E-state index >= 15 is 0 Å². The molecule has 2 nitrogen and oxygen atoms in total. The SMILES string of the molecule is O=S(=O)(Cl)/C=C/C1=CCCC1. The van der Waals surface area contributed by atoms with Crippen LogP contribution < -0.4 is 0 Å². The Hall–Kier alpha value is -0.280. The Morgan fingerprint density at radius 1 is 1.55 bits per heavy atom. The molecule has 0 atom stereocenters. The van der Waals surface area contributed by atoms with E-state index in [4.69, 9.17) is 10.7 Å². The van der Waals surface area contributed by atoms with Gasteiger partial charge in [0.15, 0.2) is 0 Å². The average Bonchev–Trinajstić information content (AvgIpc) is 2.32. The van der Waals surface area contributed by atoms with Gasteiger partial charge in [-0.1, -0.05) is 11.6 Å². The van der Waals surface area contributed by atoms with Crippen molar-refractivity contribution in [3.63, 3.8) is 0 Å². The number of halogens is 1. The molecule has 0 aromatic heterocycles. The second-order valence-electron chi connectivity index (χ2n) is 2.45. The molecule has 0 unspecified atom stereocenters. The molecule has 0 aromatic carbocycles. The second kappa shape index (κ2) is 3.41. The minimum atomic E-state index is -3.46. The van der Waals surface area contributed by atoms with Gasteiger partial charge in [0.2, 0.25) is 0 Å². The summed E-state index contributed by atoms with van der Waals surface area (Å²) in [6, 6.07) is 0. The third-order valence-corrected chi connectivity index (χ3v) is 2.29. The molecule has 1 rings (SSSR count). The molecule has 0 heterocycles. The molecule has 0 spiro atoms. The van der Waals surface area contributed by atoms with Crippen LogP contribution in [-0.2, 0) is 9.05 Å². The van der Waals surface area contributed by atoms with Gasteiger partial charge in [0.25, 0.3) is 9.05 Å². The van der Waals surface area contributed by atoms with Crippen molar-refractivity contribution in [1.29, 1.82) is 0 Å². The predicted molar refractivity (Wildman–Crippen MR) is 45.8 cm³/mol. The van der Waals surface area contributed by atoms with Crippen molar-refractivity contribution >= 4 is 19.7 Å². The summed E-state index contributed by atoms with van der Waals surface area (Å²) in [5.74, 6) is 0. The number of hydrogen-bond donors (Lipinski definition) is 0. The fraction of sp³-hybridized carbons (Fsp3) is 0.429. The zero-order valence-electron chi connectivity index (χ0n) is 5.96. The van der Waals surface area contributed by atoms with Gasteiger partial charge < -0.3 is 0 Å². The van der Waals surface area contributed by atoms with Crippen LogP contribution >= 0.6 is 10.7 Å². The first-order valence-electron chi connectivity index (χ1n) is 3.40. The normalized spacial score (nSPS) is 19.2. The quantitative estimate of drug-likeness (QED) is 0.629. The van der Waals surface area contributed by atoms with Gasteiger partial charge in [-0.05, 0) is 25.3 Å². The maximum Gasteiger partial charge on any atom is 0.254 e. The molecule has 0 aliphatic heterocycles. The van der Waals surface area contributed by atoms with Gasteiger partial charge in [0.1, 0.15) is 0 Å². The molecule has 0 saturated heterocycles. The molecular weight excluding hydrogens is 184 g/mol. The monoisotopic (exact) mass is 192 g/mol. The predicted octanol–water partition coefficient (Wildman–Crippen LogP) is 2.18. The van der Waals surface area contributed by atoms with E-state index < -0.39 is 9.05 Å². The standard InChI is InChI=1S/C7H9ClO2S/c8-11(9,10)6-5-7-3-1-2-4-7/h3,5-6H,1-2,4H2/b6-5+. The summed E-state index contributed by atoms with van der Waals surface area (Å²) < 4.78 is 20.9. The Kier molecular flexibility index (Phi) is 2.73. The number of rotatable bonds is 2. The lowest BCUT2D eigenvalue weighted by atomic mass is 10.2. The highest BCUT2D eigenvalue weighted by molar-refractivity contribution is 8.16. The molecule has 0 aromatic rings. The summed E-state index contributed by atoms with van der Waals surface area (Å²) in [6.07, 6.45) is 6.71. The Morgan fingerprint density at radius 3 is 2.73 bits per heavy atom. The van der Waals surface area contributed by atoms with Crippen molar-refractivity contribution < 1.29 is 8.42 Å². The maximum atomic E-state index is 10.4. The van der Waals surface area contributed by atoms with E-state index in [1.54, 1.807) is 6.08 Å². The van der Waals surface area contributed by atoms with Gasteiger partial charge in [-0.3, -0.25) is 0 Å². The molecule has 0 fully saturated rings. The van der Waals surface area contributed by atoms with Gasteiger partial charge in [0.05, 0.1) is 0 Å². The molecule has 0 saturated carbocycles. The highest BCUT2D eigenvalue weighted by Gasteiger charge is 2.02. The van der Waals surface area contributed by atoms with Crippen molar-refractivity contribution in [1.82, 2.24) is 0 Å². The molecule has 1 aliphatic rings. The van der Waals surface area contributed by atoms with Gasteiger partial charge in [-0.2, -0.15) is 0 Å². The van der Waals surface area contributed by atoms with E-state index in [-0.39, 0.29) is 0 Å². The topological polar surface area (TPSA) is 34.1 Å². The largest absolute Gasteiger partial charge is 0.254 e. The van der Waals surface area contributed by atoms with Crippen LogP contribution in [-0.4, -0.2) is 8.42 Å². The van der Waals surface area contributed by atoms with E-state index in [2.05, 4.69) is 0 Å². The lowest BCUT2D eigenvalue weighted by molar-refractivity contribution is 0.617. The minimum Gasteiger partial charge on any atom is -0.208 e. The van der Waals surface area contributed by atoms with Crippen LogP contribution in [0.25, 0.3) is 0 Å². The molecule has 62 valence electrons. The second-order valence-corrected chi connectivity index (χ2v) is 4.96. The third-order valence-electron chi connectivity index (χ3n) is 1.52. The van der Waals surface area contributed by atoms with Crippen LogP contribution in [0.2, 0.25) is 0 Å². The summed E-state index contributed by atoms with van der Waals surface area (Å²) in [5.41, 5.74) is 1.06. The van der Waals surface area contributed by atoms with E-state index in [9.17, 15) is 8.42 Å². The van der Waals surface area contributed by atoms with E-state index in [0.717, 1.165) is 30.2 Å². The number of hydrogen-bond acceptors (Lipinski definition) is 2. The van der Waals surface area contributed by atoms with Crippen molar-refractivity contribution in [3.8, 4) is 0 Å². The summed E-state index contributed by atoms with van der Waals surface area (Å²) in [7, 11) is 1.51.